The van der Waals surface area contributed by atoms with Gasteiger partial charge in [-0.2, -0.15) is 0 Å². The topological polar surface area (TPSA) is 53.2 Å². The maximum absolute atomic E-state index is 13.5. The molecule has 0 aliphatic heterocycles. The van der Waals surface area contributed by atoms with Crippen LogP contribution in [0.2, 0.25) is 0 Å². The van der Waals surface area contributed by atoms with Gasteiger partial charge in [-0.15, -0.1) is 0 Å². The molecule has 0 aliphatic carbocycles. The van der Waals surface area contributed by atoms with Crippen LogP contribution in [0.3, 0.4) is 0 Å². The molecule has 0 radical (unpaired) electrons. The third-order valence-corrected chi connectivity index (χ3v) is 3.00. The second-order valence-electron chi connectivity index (χ2n) is 4.65. The van der Waals surface area contributed by atoms with E-state index < -0.39 is 5.91 Å². The zero-order valence-electron chi connectivity index (χ0n) is 11.3. The van der Waals surface area contributed by atoms with Gasteiger partial charge in [0.2, 0.25) is 0 Å². The zero-order chi connectivity index (χ0) is 14.7. The van der Waals surface area contributed by atoms with Crippen LogP contribution < -0.4 is 5.43 Å². The number of benzene rings is 1. The van der Waals surface area contributed by atoms with Crippen molar-refractivity contribution in [2.24, 2.45) is 0 Å². The molecule has 0 fully saturated rings. The van der Waals surface area contributed by atoms with Crippen molar-refractivity contribution in [3.8, 4) is 0 Å². The number of aromatic nitrogens is 1. The maximum Gasteiger partial charge on any atom is 0.259 e. The lowest BCUT2D eigenvalue weighted by molar-refractivity contribution is 0.0782. The Morgan fingerprint density at radius 2 is 2.05 bits per heavy atom. The van der Waals surface area contributed by atoms with E-state index >= 15 is 0 Å². The number of carbonyl (C=O) groups excluding carboxylic acids is 1. The van der Waals surface area contributed by atoms with Crippen LogP contribution in [-0.4, -0.2) is 22.8 Å². The molecule has 2 aromatic rings. The molecule has 0 atom stereocenters. The Morgan fingerprint density at radius 3 is 2.70 bits per heavy atom. The number of carbonyl (C=O) groups is 1. The first kappa shape index (κ1) is 14.0. The van der Waals surface area contributed by atoms with E-state index in [4.69, 9.17) is 0 Å². The number of rotatable bonds is 3. The lowest BCUT2D eigenvalue weighted by Crippen LogP contribution is -2.30. The van der Waals surface area contributed by atoms with Gasteiger partial charge < -0.3 is 9.88 Å². The molecule has 1 aromatic heterocycles. The lowest BCUT2D eigenvalue weighted by Gasteiger charge is -2.17. The highest BCUT2D eigenvalue weighted by atomic mass is 19.1. The van der Waals surface area contributed by atoms with Gasteiger partial charge in [0, 0.05) is 37.1 Å². The van der Waals surface area contributed by atoms with Crippen molar-refractivity contribution in [1.29, 1.82) is 0 Å². The van der Waals surface area contributed by atoms with Gasteiger partial charge in [0.1, 0.15) is 11.4 Å². The predicted molar refractivity (Wildman–Crippen MR) is 74.0 cm³/mol. The van der Waals surface area contributed by atoms with Gasteiger partial charge in [-0.25, -0.2) is 4.39 Å². The summed E-state index contributed by atoms with van der Waals surface area (Å²) in [6.07, 6.45) is 1.39. The Morgan fingerprint density at radius 1 is 1.35 bits per heavy atom. The zero-order valence-corrected chi connectivity index (χ0v) is 11.3. The third kappa shape index (κ3) is 2.93. The number of hydrogen-bond donors (Lipinski definition) is 1. The normalized spacial score (nSPS) is 10.3. The van der Waals surface area contributed by atoms with Crippen molar-refractivity contribution < 1.29 is 9.18 Å². The summed E-state index contributed by atoms with van der Waals surface area (Å²) in [5, 5.41) is 0. The van der Waals surface area contributed by atoms with Crippen LogP contribution in [0.25, 0.3) is 0 Å². The van der Waals surface area contributed by atoms with Crippen LogP contribution in [0.1, 0.15) is 21.6 Å². The first-order chi connectivity index (χ1) is 9.49. The number of nitrogens with one attached hydrogen (secondary N) is 1. The minimum Gasteiger partial charge on any atom is -0.364 e. The Bertz CT molecular complexity index is 694. The number of aromatic amines is 1. The third-order valence-electron chi connectivity index (χ3n) is 3.00. The fourth-order valence-corrected chi connectivity index (χ4v) is 1.90. The smallest absolute Gasteiger partial charge is 0.259 e. The van der Waals surface area contributed by atoms with E-state index in [-0.39, 0.29) is 23.4 Å². The molecule has 1 aromatic carbocycles. The van der Waals surface area contributed by atoms with Crippen molar-refractivity contribution in [2.45, 2.75) is 13.5 Å². The summed E-state index contributed by atoms with van der Waals surface area (Å²) in [7, 11) is 1.54. The number of amides is 1. The number of pyridine rings is 1. The van der Waals surface area contributed by atoms with Gasteiger partial charge in [0.05, 0.1) is 0 Å². The Labute approximate surface area is 115 Å². The average molecular weight is 274 g/mol. The molecule has 5 heteroatoms. The first-order valence-electron chi connectivity index (χ1n) is 6.17. The fraction of sp³-hybridized carbons (Fsp3) is 0.200. The van der Waals surface area contributed by atoms with E-state index in [1.807, 2.05) is 0 Å². The number of hydrogen-bond acceptors (Lipinski definition) is 2. The molecule has 1 amide bonds. The fourth-order valence-electron chi connectivity index (χ4n) is 1.90. The average Bonchev–Trinajstić information content (AvgIpc) is 2.40. The van der Waals surface area contributed by atoms with E-state index in [1.165, 1.54) is 30.3 Å². The molecule has 1 heterocycles. The van der Waals surface area contributed by atoms with Crippen molar-refractivity contribution >= 4 is 5.91 Å². The van der Waals surface area contributed by atoms with Gasteiger partial charge >= 0.3 is 0 Å². The second-order valence-corrected chi connectivity index (χ2v) is 4.65. The van der Waals surface area contributed by atoms with Gasteiger partial charge in [0.15, 0.2) is 5.43 Å². The Hall–Kier alpha value is -2.43. The SMILES string of the molecule is Cc1cc(=O)c(C(=O)N(C)Cc2ccccc2F)c[nH]1. The summed E-state index contributed by atoms with van der Waals surface area (Å²) in [4.78, 5) is 28.1. The molecular formula is C15H15FN2O2. The van der Waals surface area contributed by atoms with Crippen molar-refractivity contribution in [3.63, 3.8) is 0 Å². The number of halogens is 1. The van der Waals surface area contributed by atoms with Gasteiger partial charge in [-0.05, 0) is 13.0 Å². The Balaban J connectivity index is 2.21. The van der Waals surface area contributed by atoms with Crippen LogP contribution in [0.15, 0.2) is 41.3 Å². The molecule has 0 bridgehead atoms. The van der Waals surface area contributed by atoms with Gasteiger partial charge in [-0.3, -0.25) is 9.59 Å². The van der Waals surface area contributed by atoms with Crippen molar-refractivity contribution in [1.82, 2.24) is 9.88 Å². The highest BCUT2D eigenvalue weighted by Gasteiger charge is 2.16. The van der Waals surface area contributed by atoms with Crippen molar-refractivity contribution in [3.05, 3.63) is 69.4 Å². The number of H-pyrrole nitrogens is 1. The van der Waals surface area contributed by atoms with Gasteiger partial charge in [0.25, 0.3) is 5.91 Å². The second kappa shape index (κ2) is 5.69. The Kier molecular flexibility index (Phi) is 3.98. The molecule has 2 rings (SSSR count). The highest BCUT2D eigenvalue weighted by Crippen LogP contribution is 2.10. The first-order valence-corrected chi connectivity index (χ1v) is 6.17. The van der Waals surface area contributed by atoms with E-state index in [9.17, 15) is 14.0 Å². The van der Waals surface area contributed by atoms with E-state index in [0.717, 1.165) is 0 Å². The molecule has 1 N–H and O–H groups in total. The van der Waals surface area contributed by atoms with Crippen LogP contribution >= 0.6 is 0 Å². The molecule has 4 nitrogen and oxygen atoms in total. The lowest BCUT2D eigenvalue weighted by atomic mass is 10.1. The summed E-state index contributed by atoms with van der Waals surface area (Å²) in [6.45, 7) is 1.84. The summed E-state index contributed by atoms with van der Waals surface area (Å²) >= 11 is 0. The summed E-state index contributed by atoms with van der Waals surface area (Å²) in [5.41, 5.74) is 0.802. The molecule has 0 aliphatic rings. The summed E-state index contributed by atoms with van der Waals surface area (Å²) in [6, 6.07) is 7.61. The molecule has 0 spiro atoms. The minimum atomic E-state index is -0.436. The predicted octanol–water partition coefficient (Wildman–Crippen LogP) is 2.09. The monoisotopic (exact) mass is 274 g/mol. The summed E-state index contributed by atoms with van der Waals surface area (Å²) in [5.74, 6) is -0.806. The van der Waals surface area contributed by atoms with Gasteiger partial charge in [-0.1, -0.05) is 18.2 Å². The number of aryl methyl sites for hydroxylation is 1. The van der Waals surface area contributed by atoms with E-state index in [0.29, 0.717) is 11.3 Å². The quantitative estimate of drug-likeness (QED) is 0.931. The maximum atomic E-state index is 13.5. The van der Waals surface area contributed by atoms with E-state index in [2.05, 4.69) is 4.98 Å². The largest absolute Gasteiger partial charge is 0.364 e. The standard InChI is InChI=1S/C15H15FN2O2/c1-10-7-14(19)12(8-17-10)15(20)18(2)9-11-5-3-4-6-13(11)16/h3-8H,9H2,1-2H3,(H,17,19). The number of nitrogens with zero attached hydrogens (tertiary/aromatic N) is 1. The van der Waals surface area contributed by atoms with Crippen LogP contribution in [0, 0.1) is 12.7 Å². The molecule has 0 saturated carbocycles. The molecule has 0 unspecified atom stereocenters. The summed E-state index contributed by atoms with van der Waals surface area (Å²) < 4.78 is 13.5. The molecule has 104 valence electrons. The van der Waals surface area contributed by atoms with Crippen LogP contribution in [0.4, 0.5) is 4.39 Å². The van der Waals surface area contributed by atoms with E-state index in [1.54, 1.807) is 25.1 Å². The highest BCUT2D eigenvalue weighted by molar-refractivity contribution is 5.93. The van der Waals surface area contributed by atoms with Crippen molar-refractivity contribution in [2.75, 3.05) is 7.05 Å². The molecule has 20 heavy (non-hydrogen) atoms. The van der Waals surface area contributed by atoms with Crippen LogP contribution in [-0.2, 0) is 6.54 Å². The minimum absolute atomic E-state index is 0.0504. The van der Waals surface area contributed by atoms with Crippen LogP contribution in [0.5, 0.6) is 0 Å². The molecule has 0 saturated heterocycles. The molecular weight excluding hydrogens is 259 g/mol.